The maximum absolute atomic E-state index is 12.4. The molecule has 33 heavy (non-hydrogen) atoms. The molecule has 0 saturated heterocycles. The smallest absolute Gasteiger partial charge is 0.251 e. The molecule has 1 aromatic heterocycles. The third-order valence-electron chi connectivity index (χ3n) is 4.66. The number of halogens is 1. The van der Waals surface area contributed by atoms with Crippen molar-refractivity contribution in [3.63, 3.8) is 0 Å². The number of benzene rings is 2. The molecule has 3 rings (SSSR count). The van der Waals surface area contributed by atoms with E-state index < -0.39 is 0 Å². The zero-order valence-corrected chi connectivity index (χ0v) is 20.7. The summed E-state index contributed by atoms with van der Waals surface area (Å²) in [6.07, 6.45) is 1.72. The fourth-order valence-electron chi connectivity index (χ4n) is 2.96. The molecule has 0 saturated carbocycles. The Morgan fingerprint density at radius 3 is 2.64 bits per heavy atom. The number of anilines is 1. The van der Waals surface area contributed by atoms with Gasteiger partial charge in [0, 0.05) is 22.3 Å². The van der Waals surface area contributed by atoms with Gasteiger partial charge in [0.15, 0.2) is 11.0 Å². The molecule has 0 fully saturated rings. The Kier molecular flexibility index (Phi) is 8.67. The molecular formula is C23H24BrN5O3S. The Bertz CT molecular complexity index is 1150. The molecule has 2 N–H and O–H groups in total. The molecule has 2 aromatic carbocycles. The lowest BCUT2D eigenvalue weighted by molar-refractivity contribution is -0.113. The Morgan fingerprint density at radius 2 is 1.97 bits per heavy atom. The standard InChI is InChI=1S/C23H24BrN5O3S/c1-4-11-29-20(13-25-22(31)16-5-8-18(32-3)9-6-16)27-28-23(29)33-14-21(30)26-19-10-7-17(24)12-15(19)2/h4-10,12H,1,11,13-14H2,2-3H3,(H,25,31)(H,26,30). The first-order chi connectivity index (χ1) is 15.9. The first kappa shape index (κ1) is 24.5. The third kappa shape index (κ3) is 6.69. The minimum atomic E-state index is -0.232. The highest BCUT2D eigenvalue weighted by atomic mass is 79.9. The number of thioether (sulfide) groups is 1. The van der Waals surface area contributed by atoms with Crippen molar-refractivity contribution >= 4 is 45.2 Å². The molecule has 8 nitrogen and oxygen atoms in total. The van der Waals surface area contributed by atoms with Gasteiger partial charge in [-0.25, -0.2) is 0 Å². The van der Waals surface area contributed by atoms with E-state index in [0.29, 0.717) is 28.8 Å². The Hall–Kier alpha value is -3.11. The Balaban J connectivity index is 1.60. The van der Waals surface area contributed by atoms with Crippen molar-refractivity contribution in [3.8, 4) is 5.75 Å². The summed E-state index contributed by atoms with van der Waals surface area (Å²) in [5.41, 5.74) is 2.24. The number of nitrogens with zero attached hydrogens (tertiary/aromatic N) is 3. The van der Waals surface area contributed by atoms with Crippen LogP contribution in [0, 0.1) is 6.92 Å². The number of allylic oxidation sites excluding steroid dienone is 1. The summed E-state index contributed by atoms with van der Waals surface area (Å²) in [6.45, 7) is 6.35. The number of hydrogen-bond acceptors (Lipinski definition) is 6. The highest BCUT2D eigenvalue weighted by Gasteiger charge is 2.15. The summed E-state index contributed by atoms with van der Waals surface area (Å²) in [5, 5.41) is 14.7. The molecule has 0 atom stereocenters. The van der Waals surface area contributed by atoms with Crippen LogP contribution in [0.5, 0.6) is 5.75 Å². The van der Waals surface area contributed by atoms with E-state index >= 15 is 0 Å². The average Bonchev–Trinajstić information content (AvgIpc) is 3.19. The quantitative estimate of drug-likeness (QED) is 0.301. The summed E-state index contributed by atoms with van der Waals surface area (Å²) in [4.78, 5) is 24.9. The van der Waals surface area contributed by atoms with Gasteiger partial charge in [0.25, 0.3) is 5.91 Å². The van der Waals surface area contributed by atoms with E-state index in [9.17, 15) is 9.59 Å². The Labute approximate surface area is 204 Å². The van der Waals surface area contributed by atoms with Crippen molar-refractivity contribution in [2.75, 3.05) is 18.2 Å². The fraction of sp³-hybridized carbons (Fsp3) is 0.217. The van der Waals surface area contributed by atoms with Crippen LogP contribution in [0.3, 0.4) is 0 Å². The molecule has 3 aromatic rings. The summed E-state index contributed by atoms with van der Waals surface area (Å²) in [7, 11) is 1.57. The number of aryl methyl sites for hydroxylation is 1. The number of methoxy groups -OCH3 is 1. The number of hydrogen-bond donors (Lipinski definition) is 2. The van der Waals surface area contributed by atoms with Gasteiger partial charge in [0.05, 0.1) is 19.4 Å². The van der Waals surface area contributed by atoms with E-state index in [1.165, 1.54) is 11.8 Å². The van der Waals surface area contributed by atoms with Crippen LogP contribution in [-0.4, -0.2) is 39.4 Å². The van der Waals surface area contributed by atoms with Crippen molar-refractivity contribution in [1.82, 2.24) is 20.1 Å². The monoisotopic (exact) mass is 529 g/mol. The van der Waals surface area contributed by atoms with Crippen LogP contribution < -0.4 is 15.4 Å². The molecule has 0 bridgehead atoms. The summed E-state index contributed by atoms with van der Waals surface area (Å²) in [6, 6.07) is 12.5. The second-order valence-corrected chi connectivity index (χ2v) is 8.86. The maximum atomic E-state index is 12.4. The van der Waals surface area contributed by atoms with Crippen molar-refractivity contribution in [2.45, 2.75) is 25.2 Å². The summed E-state index contributed by atoms with van der Waals surface area (Å²) >= 11 is 4.69. The van der Waals surface area contributed by atoms with Crippen LogP contribution in [-0.2, 0) is 17.9 Å². The second-order valence-electron chi connectivity index (χ2n) is 7.01. The van der Waals surface area contributed by atoms with Gasteiger partial charge >= 0.3 is 0 Å². The van der Waals surface area contributed by atoms with E-state index in [1.807, 2.05) is 29.7 Å². The second kappa shape index (κ2) is 11.7. The van der Waals surface area contributed by atoms with E-state index in [1.54, 1.807) is 37.5 Å². The topological polar surface area (TPSA) is 98.1 Å². The molecule has 2 amide bonds. The predicted molar refractivity (Wildman–Crippen MR) is 133 cm³/mol. The van der Waals surface area contributed by atoms with E-state index in [-0.39, 0.29) is 24.1 Å². The molecule has 0 aliphatic carbocycles. The number of rotatable bonds is 10. The van der Waals surface area contributed by atoms with Crippen LogP contribution >= 0.6 is 27.7 Å². The van der Waals surface area contributed by atoms with Crippen LogP contribution in [0.25, 0.3) is 0 Å². The molecule has 0 aliphatic rings. The van der Waals surface area contributed by atoms with Crippen LogP contribution in [0.15, 0.2) is 64.7 Å². The number of ether oxygens (including phenoxy) is 1. The number of aromatic nitrogens is 3. The minimum absolute atomic E-state index is 0.145. The molecule has 172 valence electrons. The van der Waals surface area contributed by atoms with Crippen LogP contribution in [0.4, 0.5) is 5.69 Å². The summed E-state index contributed by atoms with van der Waals surface area (Å²) in [5.74, 6) is 1.04. The average molecular weight is 530 g/mol. The highest BCUT2D eigenvalue weighted by molar-refractivity contribution is 9.10. The largest absolute Gasteiger partial charge is 0.497 e. The van der Waals surface area contributed by atoms with Gasteiger partial charge in [-0.15, -0.1) is 16.8 Å². The third-order valence-corrected chi connectivity index (χ3v) is 6.12. The van der Waals surface area contributed by atoms with Crippen LogP contribution in [0.1, 0.15) is 21.7 Å². The fourth-order valence-corrected chi connectivity index (χ4v) is 4.20. The Morgan fingerprint density at radius 1 is 1.21 bits per heavy atom. The molecule has 0 aliphatic heterocycles. The van der Waals surface area contributed by atoms with Gasteiger partial charge in [-0.05, 0) is 55.0 Å². The lowest BCUT2D eigenvalue weighted by Gasteiger charge is -2.10. The van der Waals surface area contributed by atoms with Gasteiger partial charge in [-0.3, -0.25) is 9.59 Å². The lowest BCUT2D eigenvalue weighted by atomic mass is 10.2. The highest BCUT2D eigenvalue weighted by Crippen LogP contribution is 2.22. The molecule has 1 heterocycles. The van der Waals surface area contributed by atoms with Gasteiger partial charge in [0.2, 0.25) is 5.91 Å². The first-order valence-electron chi connectivity index (χ1n) is 10.0. The molecule has 0 spiro atoms. The van der Waals surface area contributed by atoms with Gasteiger partial charge in [0.1, 0.15) is 5.75 Å². The van der Waals surface area contributed by atoms with Gasteiger partial charge in [-0.1, -0.05) is 33.8 Å². The number of carbonyl (C=O) groups is 2. The zero-order valence-electron chi connectivity index (χ0n) is 18.3. The van der Waals surface area contributed by atoms with Crippen molar-refractivity contribution in [2.24, 2.45) is 0 Å². The number of nitrogens with one attached hydrogen (secondary N) is 2. The van der Waals surface area contributed by atoms with Crippen molar-refractivity contribution < 1.29 is 14.3 Å². The maximum Gasteiger partial charge on any atom is 0.251 e. The molecule has 10 heteroatoms. The van der Waals surface area contributed by atoms with E-state index in [0.717, 1.165) is 15.7 Å². The predicted octanol–water partition coefficient (Wildman–Crippen LogP) is 4.20. The summed E-state index contributed by atoms with van der Waals surface area (Å²) < 4.78 is 7.89. The van der Waals surface area contributed by atoms with Gasteiger partial charge < -0.3 is 19.9 Å². The molecule has 0 radical (unpaired) electrons. The first-order valence-corrected chi connectivity index (χ1v) is 11.8. The zero-order chi connectivity index (χ0) is 23.8. The molecule has 0 unspecified atom stereocenters. The SMILES string of the molecule is C=CCn1c(CNC(=O)c2ccc(OC)cc2)nnc1SCC(=O)Nc1ccc(Br)cc1C. The van der Waals surface area contributed by atoms with Crippen molar-refractivity contribution in [3.05, 3.63) is 76.5 Å². The number of amides is 2. The van der Waals surface area contributed by atoms with E-state index in [4.69, 9.17) is 4.74 Å². The van der Waals surface area contributed by atoms with Crippen LogP contribution in [0.2, 0.25) is 0 Å². The van der Waals surface area contributed by atoms with Gasteiger partial charge in [-0.2, -0.15) is 0 Å². The molecular weight excluding hydrogens is 506 g/mol. The lowest BCUT2D eigenvalue weighted by Crippen LogP contribution is -2.24. The van der Waals surface area contributed by atoms with Crippen molar-refractivity contribution in [1.29, 1.82) is 0 Å². The minimum Gasteiger partial charge on any atom is -0.497 e. The normalized spacial score (nSPS) is 10.5. The number of carbonyl (C=O) groups excluding carboxylic acids is 2. The van der Waals surface area contributed by atoms with E-state index in [2.05, 4.69) is 43.3 Å².